The molecule has 1 aliphatic carbocycles. The molecule has 0 saturated carbocycles. The third-order valence-electron chi connectivity index (χ3n) is 18.3. The highest BCUT2D eigenvalue weighted by atomic mass is 15.2. The molecule has 0 saturated heterocycles. The van der Waals surface area contributed by atoms with E-state index in [2.05, 4.69) is 330 Å². The topological polar surface area (TPSA) is 13.0 Å². The van der Waals surface area contributed by atoms with E-state index in [1.165, 1.54) is 100 Å². The van der Waals surface area contributed by atoms with Crippen LogP contribution in [0, 0.1) is 27.7 Å². The van der Waals surface area contributed by atoms with Gasteiger partial charge in [-0.2, -0.15) is 0 Å². The molecular formula is C79H79BN4. The number of hydrogen-bond acceptors (Lipinski definition) is 4. The molecule has 418 valence electrons. The van der Waals surface area contributed by atoms with Crippen LogP contribution in [-0.2, 0) is 21.7 Å². The van der Waals surface area contributed by atoms with Crippen molar-refractivity contribution in [1.82, 2.24) is 0 Å². The van der Waals surface area contributed by atoms with Crippen LogP contribution in [0.5, 0.6) is 0 Å². The third-order valence-corrected chi connectivity index (χ3v) is 18.3. The van der Waals surface area contributed by atoms with E-state index in [1.807, 2.05) is 0 Å². The van der Waals surface area contributed by atoms with E-state index in [9.17, 15) is 0 Å². The SMILES string of the molecule is Cc1ccc(N(c2ccc(C)cc2)c2ccc3c(c2)N(c2ccc(C(C)(C)C)cc2)c2cc(C(C)(C)C)cc4c2B3c2cc(C(C)(C)C)ccc2N4c2cc(N(c3ccc(C)cc3)c3ccc(C)cc3)c3c(c2)C(C)(C)c2ccccc2-3)cc1. The molecule has 0 spiro atoms. The first-order chi connectivity index (χ1) is 39.9. The van der Waals surface area contributed by atoms with Gasteiger partial charge in [0.25, 0.3) is 6.71 Å². The van der Waals surface area contributed by atoms with Crippen LogP contribution in [-0.4, -0.2) is 6.71 Å². The summed E-state index contributed by atoms with van der Waals surface area (Å²) in [5, 5.41) is 0. The standard InChI is InChI=1S/C79H79BN4/c1-50-20-31-57(32-21-50)81(58-33-22-51(2)23-34-58)62-41-42-67-70(48-62)83(61-39-28-54(29-40-61)76(5,6)7)72-45-56(78(11,12)13)46-73-75(72)80(67)68-44-55(77(8,9)10)30-43-69(68)84(73)63-47-66-74(64-18-16-17-19-65(64)79(66,14)15)71(49-63)82(59-35-24-52(3)25-36-59)60-37-26-53(4)27-38-60/h16-49H,1-15H3. The molecule has 84 heavy (non-hydrogen) atoms. The highest BCUT2D eigenvalue weighted by molar-refractivity contribution is 7.00. The first kappa shape index (κ1) is 54.7. The Balaban J connectivity index is 1.14. The Morgan fingerprint density at radius 2 is 0.821 bits per heavy atom. The first-order valence-electron chi connectivity index (χ1n) is 30.3. The largest absolute Gasteiger partial charge is 0.311 e. The fourth-order valence-electron chi connectivity index (χ4n) is 13.4. The van der Waals surface area contributed by atoms with Crippen LogP contribution in [0.15, 0.2) is 206 Å². The molecule has 0 radical (unpaired) electrons. The second-order valence-corrected chi connectivity index (χ2v) is 27.9. The van der Waals surface area contributed by atoms with Gasteiger partial charge in [0.15, 0.2) is 0 Å². The maximum Gasteiger partial charge on any atom is 0.252 e. The highest BCUT2D eigenvalue weighted by Crippen LogP contribution is 2.58. The number of anilines is 12. The number of benzene rings is 10. The van der Waals surface area contributed by atoms with Gasteiger partial charge in [-0.05, 0) is 197 Å². The molecule has 2 aliphatic heterocycles. The molecule has 5 heteroatoms. The Hall–Kier alpha value is -8.54. The minimum Gasteiger partial charge on any atom is -0.311 e. The van der Waals surface area contributed by atoms with Crippen molar-refractivity contribution in [3.63, 3.8) is 0 Å². The Labute approximate surface area is 501 Å². The summed E-state index contributed by atoms with van der Waals surface area (Å²) in [6, 6.07) is 79.6. The lowest BCUT2D eigenvalue weighted by molar-refractivity contribution is 0.590. The van der Waals surface area contributed by atoms with Crippen molar-refractivity contribution in [2.24, 2.45) is 0 Å². The van der Waals surface area contributed by atoms with Gasteiger partial charge in [0, 0.05) is 73.5 Å². The van der Waals surface area contributed by atoms with Crippen LogP contribution in [0.4, 0.5) is 68.2 Å². The molecule has 10 aromatic carbocycles. The van der Waals surface area contributed by atoms with Crippen LogP contribution >= 0.6 is 0 Å². The zero-order chi connectivity index (χ0) is 58.9. The monoisotopic (exact) mass is 1090 g/mol. The summed E-state index contributed by atoms with van der Waals surface area (Å²) in [6.45, 7) is 34.6. The first-order valence-corrected chi connectivity index (χ1v) is 30.3. The lowest BCUT2D eigenvalue weighted by Gasteiger charge is -2.46. The summed E-state index contributed by atoms with van der Waals surface area (Å²) in [7, 11) is 0. The van der Waals surface area contributed by atoms with Crippen LogP contribution in [0.1, 0.15) is 126 Å². The predicted molar refractivity (Wildman–Crippen MR) is 362 cm³/mol. The van der Waals surface area contributed by atoms with Gasteiger partial charge < -0.3 is 19.6 Å². The highest BCUT2D eigenvalue weighted by Gasteiger charge is 2.46. The molecule has 4 nitrogen and oxygen atoms in total. The average molecular weight is 1100 g/mol. The van der Waals surface area contributed by atoms with E-state index in [0.29, 0.717) is 0 Å². The van der Waals surface area contributed by atoms with Crippen LogP contribution in [0.2, 0.25) is 0 Å². The van der Waals surface area contributed by atoms with Gasteiger partial charge in [-0.15, -0.1) is 0 Å². The van der Waals surface area contributed by atoms with Gasteiger partial charge in [0.05, 0.1) is 5.69 Å². The summed E-state index contributed by atoms with van der Waals surface area (Å²) in [5.41, 5.74) is 31.2. The van der Waals surface area contributed by atoms with E-state index < -0.39 is 0 Å². The normalized spacial score (nSPS) is 13.9. The fourth-order valence-corrected chi connectivity index (χ4v) is 13.4. The molecule has 0 atom stereocenters. The quantitative estimate of drug-likeness (QED) is 0.141. The van der Waals surface area contributed by atoms with E-state index in [-0.39, 0.29) is 28.4 Å². The lowest BCUT2D eigenvalue weighted by atomic mass is 9.33. The summed E-state index contributed by atoms with van der Waals surface area (Å²) < 4.78 is 0. The Bertz CT molecular complexity index is 4100. The lowest BCUT2D eigenvalue weighted by Crippen LogP contribution is -2.61. The smallest absolute Gasteiger partial charge is 0.252 e. The Kier molecular flexibility index (Phi) is 12.9. The molecule has 10 aromatic rings. The molecule has 0 fully saturated rings. The van der Waals surface area contributed by atoms with Gasteiger partial charge in [0.2, 0.25) is 0 Å². The fraction of sp³-hybridized carbons (Fsp3) is 0.241. The van der Waals surface area contributed by atoms with E-state index in [4.69, 9.17) is 0 Å². The van der Waals surface area contributed by atoms with E-state index in [0.717, 1.165) is 45.5 Å². The summed E-state index contributed by atoms with van der Waals surface area (Å²) in [6.07, 6.45) is 0. The summed E-state index contributed by atoms with van der Waals surface area (Å²) in [4.78, 5) is 10.2. The predicted octanol–water partition coefficient (Wildman–Crippen LogP) is 20.1. The van der Waals surface area contributed by atoms with Gasteiger partial charge in [-0.25, -0.2) is 0 Å². The molecule has 0 N–H and O–H groups in total. The molecule has 2 heterocycles. The molecule has 0 unspecified atom stereocenters. The third kappa shape index (κ3) is 9.23. The molecule has 0 bridgehead atoms. The molecule has 0 amide bonds. The van der Waals surface area contributed by atoms with E-state index >= 15 is 0 Å². The van der Waals surface area contributed by atoms with Crippen LogP contribution < -0.4 is 36.0 Å². The Morgan fingerprint density at radius 1 is 0.357 bits per heavy atom. The molecular weight excluding hydrogens is 1020 g/mol. The van der Waals surface area contributed by atoms with Gasteiger partial charge in [-0.1, -0.05) is 202 Å². The van der Waals surface area contributed by atoms with Crippen molar-refractivity contribution in [1.29, 1.82) is 0 Å². The van der Waals surface area contributed by atoms with Crippen molar-refractivity contribution in [2.75, 3.05) is 19.6 Å². The van der Waals surface area contributed by atoms with Crippen LogP contribution in [0.3, 0.4) is 0 Å². The van der Waals surface area contributed by atoms with Crippen molar-refractivity contribution in [2.45, 2.75) is 126 Å². The Morgan fingerprint density at radius 3 is 1.33 bits per heavy atom. The van der Waals surface area contributed by atoms with Crippen LogP contribution in [0.25, 0.3) is 11.1 Å². The zero-order valence-corrected chi connectivity index (χ0v) is 52.0. The van der Waals surface area contributed by atoms with Gasteiger partial charge in [0.1, 0.15) is 0 Å². The maximum absolute atomic E-state index is 2.66. The number of hydrogen-bond donors (Lipinski definition) is 0. The molecule has 3 aliphatic rings. The van der Waals surface area contributed by atoms with Crippen molar-refractivity contribution >= 4 is 91.3 Å². The van der Waals surface area contributed by atoms with Crippen molar-refractivity contribution in [3.05, 3.63) is 256 Å². The second-order valence-electron chi connectivity index (χ2n) is 27.9. The summed E-state index contributed by atoms with van der Waals surface area (Å²) >= 11 is 0. The molecule has 0 aromatic heterocycles. The number of aryl methyl sites for hydroxylation is 4. The van der Waals surface area contributed by atoms with Crippen molar-refractivity contribution in [3.8, 4) is 11.1 Å². The number of rotatable bonds is 8. The minimum absolute atomic E-state index is 0.0153. The summed E-state index contributed by atoms with van der Waals surface area (Å²) in [5.74, 6) is 0. The minimum atomic E-state index is -0.301. The van der Waals surface area contributed by atoms with Gasteiger partial charge >= 0.3 is 0 Å². The molecule has 13 rings (SSSR count). The number of nitrogens with zero attached hydrogens (tertiary/aromatic N) is 4. The number of fused-ring (bicyclic) bond motifs is 7. The zero-order valence-electron chi connectivity index (χ0n) is 52.0. The van der Waals surface area contributed by atoms with Gasteiger partial charge in [-0.3, -0.25) is 0 Å². The van der Waals surface area contributed by atoms with E-state index in [1.54, 1.807) is 0 Å². The average Bonchev–Trinajstić information content (AvgIpc) is 0.925. The van der Waals surface area contributed by atoms with Crippen molar-refractivity contribution < 1.29 is 0 Å². The maximum atomic E-state index is 2.66. The second kappa shape index (κ2) is 19.8.